The lowest BCUT2D eigenvalue weighted by Crippen LogP contribution is -2.55. The van der Waals surface area contributed by atoms with Crippen LogP contribution in [0.25, 0.3) is 0 Å². The van der Waals surface area contributed by atoms with Gasteiger partial charge in [0.1, 0.15) is 5.60 Å². The van der Waals surface area contributed by atoms with E-state index in [0.29, 0.717) is 31.5 Å². The van der Waals surface area contributed by atoms with Gasteiger partial charge in [-0.25, -0.2) is 14.8 Å². The van der Waals surface area contributed by atoms with Crippen molar-refractivity contribution in [1.29, 1.82) is 0 Å². The third-order valence-electron chi connectivity index (χ3n) is 8.11. The molecule has 1 aromatic carbocycles. The first kappa shape index (κ1) is 27.2. The highest BCUT2D eigenvalue weighted by atomic mass is 16.6. The molecule has 4 atom stereocenters. The van der Waals surface area contributed by atoms with Gasteiger partial charge >= 0.3 is 6.09 Å². The number of carbonyl (C=O) groups is 2. The monoisotopic (exact) mass is 534 g/mol. The van der Waals surface area contributed by atoms with Gasteiger partial charge in [-0.2, -0.15) is 0 Å². The lowest BCUT2D eigenvalue weighted by molar-refractivity contribution is -0.117. The largest absolute Gasteiger partial charge is 0.444 e. The SMILES string of the molecule is CC(=O)N1c2ccc(N3CCN(C(=O)OC(C)(C)C)C(C)C3)cc2[C@H](Nc2nccc(C)n2)[C@@H](C)[C@@H]1C1CC1. The second-order valence-electron chi connectivity index (χ2n) is 12.4. The van der Waals surface area contributed by atoms with E-state index in [-0.39, 0.29) is 36.0 Å². The van der Waals surface area contributed by atoms with Gasteiger partial charge in [0.15, 0.2) is 0 Å². The maximum Gasteiger partial charge on any atom is 0.410 e. The van der Waals surface area contributed by atoms with Gasteiger partial charge in [-0.3, -0.25) is 4.79 Å². The van der Waals surface area contributed by atoms with Crippen LogP contribution in [0.4, 0.5) is 22.1 Å². The fourth-order valence-electron chi connectivity index (χ4n) is 6.19. The highest BCUT2D eigenvalue weighted by molar-refractivity contribution is 5.94. The number of benzene rings is 1. The number of hydrogen-bond donors (Lipinski definition) is 1. The van der Waals surface area contributed by atoms with Crippen LogP contribution in [0.2, 0.25) is 0 Å². The maximum atomic E-state index is 13.0. The Labute approximate surface area is 231 Å². The molecule has 0 spiro atoms. The zero-order valence-corrected chi connectivity index (χ0v) is 24.3. The van der Waals surface area contributed by atoms with Crippen LogP contribution in [0.15, 0.2) is 30.5 Å². The normalized spacial score (nSPS) is 25.3. The maximum absolute atomic E-state index is 13.0. The summed E-state index contributed by atoms with van der Waals surface area (Å²) in [5.74, 6) is 1.38. The molecule has 3 aliphatic rings. The van der Waals surface area contributed by atoms with E-state index < -0.39 is 5.60 Å². The zero-order valence-electron chi connectivity index (χ0n) is 24.3. The Bertz CT molecular complexity index is 1240. The van der Waals surface area contributed by atoms with E-state index in [9.17, 15) is 9.59 Å². The number of amides is 2. The van der Waals surface area contributed by atoms with Crippen LogP contribution >= 0.6 is 0 Å². The summed E-state index contributed by atoms with van der Waals surface area (Å²) in [5.41, 5.74) is 3.52. The quantitative estimate of drug-likeness (QED) is 0.579. The van der Waals surface area contributed by atoms with Gasteiger partial charge < -0.3 is 24.8 Å². The predicted octanol–water partition coefficient (Wildman–Crippen LogP) is 5.17. The summed E-state index contributed by atoms with van der Waals surface area (Å²) < 4.78 is 5.63. The van der Waals surface area contributed by atoms with E-state index in [0.717, 1.165) is 35.5 Å². The van der Waals surface area contributed by atoms with Crippen molar-refractivity contribution in [2.75, 3.05) is 34.8 Å². The van der Waals surface area contributed by atoms with Gasteiger partial charge in [-0.1, -0.05) is 6.92 Å². The number of nitrogens with zero attached hydrogens (tertiary/aromatic N) is 5. The second-order valence-corrected chi connectivity index (χ2v) is 12.4. The molecule has 0 radical (unpaired) electrons. The lowest BCUT2D eigenvalue weighted by atomic mass is 9.79. The van der Waals surface area contributed by atoms with Crippen molar-refractivity contribution in [2.45, 2.75) is 85.0 Å². The number of nitrogens with one attached hydrogen (secondary N) is 1. The molecule has 2 fully saturated rings. The molecule has 1 aromatic heterocycles. The van der Waals surface area contributed by atoms with Crippen LogP contribution < -0.4 is 15.1 Å². The van der Waals surface area contributed by atoms with Gasteiger partial charge in [0.05, 0.1) is 6.04 Å². The molecule has 2 aromatic rings. The van der Waals surface area contributed by atoms with E-state index >= 15 is 0 Å². The highest BCUT2D eigenvalue weighted by Crippen LogP contribution is 2.50. The molecule has 5 rings (SSSR count). The molecule has 2 amide bonds. The third-order valence-corrected chi connectivity index (χ3v) is 8.11. The number of hydrogen-bond acceptors (Lipinski definition) is 7. The van der Waals surface area contributed by atoms with Crippen LogP contribution in [0.1, 0.15) is 71.7 Å². The minimum atomic E-state index is -0.521. The fourth-order valence-corrected chi connectivity index (χ4v) is 6.19. The van der Waals surface area contributed by atoms with Gasteiger partial charge in [-0.15, -0.1) is 0 Å². The fraction of sp³-hybridized carbons (Fsp3) is 0.600. The first-order valence-corrected chi connectivity index (χ1v) is 14.2. The van der Waals surface area contributed by atoms with Crippen LogP contribution in [0.5, 0.6) is 0 Å². The van der Waals surface area contributed by atoms with Gasteiger partial charge in [0.25, 0.3) is 0 Å². The van der Waals surface area contributed by atoms with E-state index in [1.165, 1.54) is 0 Å². The van der Waals surface area contributed by atoms with Crippen molar-refractivity contribution in [3.63, 3.8) is 0 Å². The van der Waals surface area contributed by atoms with Crippen LogP contribution in [0.3, 0.4) is 0 Å². The van der Waals surface area contributed by atoms with Gasteiger partial charge in [0, 0.05) is 73.4 Å². The number of carbonyl (C=O) groups excluding carboxylic acids is 2. The molecule has 1 saturated carbocycles. The number of aromatic nitrogens is 2. The molecule has 1 N–H and O–H groups in total. The topological polar surface area (TPSA) is 90.9 Å². The molecule has 2 aliphatic heterocycles. The Balaban J connectivity index is 1.46. The minimum Gasteiger partial charge on any atom is -0.444 e. The summed E-state index contributed by atoms with van der Waals surface area (Å²) in [6.07, 6.45) is 3.82. The summed E-state index contributed by atoms with van der Waals surface area (Å²) in [7, 11) is 0. The van der Waals surface area contributed by atoms with Crippen molar-refractivity contribution < 1.29 is 14.3 Å². The molecule has 1 saturated heterocycles. The molecule has 0 bridgehead atoms. The molecule has 39 heavy (non-hydrogen) atoms. The Kier molecular flexibility index (Phi) is 7.20. The van der Waals surface area contributed by atoms with E-state index in [1.807, 2.05) is 43.6 Å². The third kappa shape index (κ3) is 5.68. The summed E-state index contributed by atoms with van der Waals surface area (Å²) in [5, 5.41) is 3.63. The smallest absolute Gasteiger partial charge is 0.410 e. The van der Waals surface area contributed by atoms with Crippen molar-refractivity contribution in [1.82, 2.24) is 14.9 Å². The second kappa shape index (κ2) is 10.3. The Morgan fingerprint density at radius 1 is 1.10 bits per heavy atom. The van der Waals surface area contributed by atoms with E-state index in [4.69, 9.17) is 4.74 Å². The number of rotatable bonds is 4. The molecular formula is C30H42N6O3. The average molecular weight is 535 g/mol. The molecule has 9 nitrogen and oxygen atoms in total. The van der Waals surface area contributed by atoms with Gasteiger partial charge in [-0.05, 0) is 77.6 Å². The van der Waals surface area contributed by atoms with Crippen LogP contribution in [-0.2, 0) is 9.53 Å². The number of piperazine rings is 1. The molecular weight excluding hydrogens is 492 g/mol. The zero-order chi connectivity index (χ0) is 28.1. The minimum absolute atomic E-state index is 0.00568. The molecule has 9 heteroatoms. The van der Waals surface area contributed by atoms with Crippen molar-refractivity contribution in [3.05, 3.63) is 41.7 Å². The number of ether oxygens (including phenoxy) is 1. The summed E-state index contributed by atoms with van der Waals surface area (Å²) in [6, 6.07) is 8.43. The van der Waals surface area contributed by atoms with Crippen molar-refractivity contribution in [2.24, 2.45) is 11.8 Å². The Morgan fingerprint density at radius 2 is 1.85 bits per heavy atom. The Hall–Kier alpha value is -3.36. The highest BCUT2D eigenvalue weighted by Gasteiger charge is 2.48. The standard InChI is InChI=1S/C30H42N6O3/c1-18-12-13-31-28(32-18)33-26-20(3)27(22-8-9-22)36(21(4)37)25-11-10-23(16-24(25)26)34-14-15-35(19(2)17-34)29(38)39-30(5,6)7/h10-13,16,19-20,22,26-27H,8-9,14-15,17H2,1-7H3,(H,31,32,33)/t19?,20-,26-,27-/m1/s1. The van der Waals surface area contributed by atoms with Crippen LogP contribution in [0, 0.1) is 18.8 Å². The lowest BCUT2D eigenvalue weighted by Gasteiger charge is -2.46. The first-order chi connectivity index (χ1) is 18.4. The number of anilines is 3. The van der Waals surface area contributed by atoms with E-state index in [1.54, 1.807) is 13.1 Å². The van der Waals surface area contributed by atoms with Crippen LogP contribution in [-0.4, -0.2) is 64.2 Å². The molecule has 1 unspecified atom stereocenters. The first-order valence-electron chi connectivity index (χ1n) is 14.2. The predicted molar refractivity (Wildman–Crippen MR) is 153 cm³/mol. The number of aryl methyl sites for hydroxylation is 1. The molecule has 1 aliphatic carbocycles. The average Bonchev–Trinajstić information content (AvgIpc) is 3.69. The van der Waals surface area contributed by atoms with E-state index in [2.05, 4.69) is 52.2 Å². The molecule has 3 heterocycles. The molecule has 210 valence electrons. The van der Waals surface area contributed by atoms with Crippen molar-refractivity contribution in [3.8, 4) is 0 Å². The summed E-state index contributed by atoms with van der Waals surface area (Å²) >= 11 is 0. The van der Waals surface area contributed by atoms with Gasteiger partial charge in [0.2, 0.25) is 11.9 Å². The number of fused-ring (bicyclic) bond motifs is 1. The van der Waals surface area contributed by atoms with Crippen molar-refractivity contribution >= 4 is 29.3 Å². The summed E-state index contributed by atoms with van der Waals surface area (Å²) in [6.45, 7) is 15.6. The Morgan fingerprint density at radius 3 is 2.46 bits per heavy atom. The summed E-state index contributed by atoms with van der Waals surface area (Å²) in [4.78, 5) is 41.0.